The SMILES string of the molecule is [2H]C1CCN(c2cc(=O)c(-c3ccc(OC)c(Cc4ccccc4)c3)c(-c3ccc(C#N)c(F)c3)[nH]2)CC1. The number of aromatic nitrogens is 1. The van der Waals surface area contributed by atoms with Gasteiger partial charge < -0.3 is 14.6 Å². The summed E-state index contributed by atoms with van der Waals surface area (Å²) in [6.45, 7) is 1.32. The summed E-state index contributed by atoms with van der Waals surface area (Å²) in [6.07, 6.45) is 1.95. The molecule has 5 nitrogen and oxygen atoms in total. The number of rotatable bonds is 6. The lowest BCUT2D eigenvalue weighted by Crippen LogP contribution is -2.31. The summed E-state index contributed by atoms with van der Waals surface area (Å²) >= 11 is 0. The normalized spacial score (nSPS) is 14.2. The molecule has 1 saturated heterocycles. The first-order chi connectivity index (χ1) is 18.5. The number of aromatic amines is 1. The Morgan fingerprint density at radius 3 is 2.51 bits per heavy atom. The molecule has 0 bridgehead atoms. The van der Waals surface area contributed by atoms with Gasteiger partial charge in [-0.25, -0.2) is 4.39 Å². The van der Waals surface area contributed by atoms with Gasteiger partial charge in [-0.2, -0.15) is 5.26 Å². The molecule has 5 rings (SSSR count). The van der Waals surface area contributed by atoms with Gasteiger partial charge in [0.15, 0.2) is 5.43 Å². The van der Waals surface area contributed by atoms with E-state index in [1.54, 1.807) is 19.2 Å². The molecule has 1 aromatic heterocycles. The highest BCUT2D eigenvalue weighted by atomic mass is 19.1. The van der Waals surface area contributed by atoms with Gasteiger partial charge in [0.1, 0.15) is 23.5 Å². The van der Waals surface area contributed by atoms with Crippen LogP contribution in [-0.4, -0.2) is 25.2 Å². The van der Waals surface area contributed by atoms with Crippen molar-refractivity contribution in [3.8, 4) is 34.2 Å². The molecular formula is C31H28FN3O2. The van der Waals surface area contributed by atoms with Crippen LogP contribution in [0.25, 0.3) is 22.4 Å². The second-order valence-electron chi connectivity index (χ2n) is 9.12. The average Bonchev–Trinajstić information content (AvgIpc) is 2.93. The van der Waals surface area contributed by atoms with Crippen LogP contribution in [-0.2, 0) is 6.42 Å². The topological polar surface area (TPSA) is 69.1 Å². The van der Waals surface area contributed by atoms with Crippen molar-refractivity contribution in [3.05, 3.63) is 106 Å². The van der Waals surface area contributed by atoms with Gasteiger partial charge in [-0.05, 0) is 60.2 Å². The number of methoxy groups -OCH3 is 1. The lowest BCUT2D eigenvalue weighted by Gasteiger charge is -2.29. The minimum absolute atomic E-state index is 0.0547. The van der Waals surface area contributed by atoms with E-state index in [9.17, 15) is 14.4 Å². The van der Waals surface area contributed by atoms with Crippen LogP contribution in [0.1, 0.15) is 37.3 Å². The number of ether oxygens (including phenoxy) is 1. The Kier molecular flexibility index (Phi) is 6.68. The summed E-state index contributed by atoms with van der Waals surface area (Å²) in [6, 6.07) is 23.5. The van der Waals surface area contributed by atoms with Crippen molar-refractivity contribution in [1.29, 1.82) is 5.26 Å². The van der Waals surface area contributed by atoms with Crippen LogP contribution < -0.4 is 15.1 Å². The number of benzene rings is 3. The Morgan fingerprint density at radius 2 is 1.81 bits per heavy atom. The predicted molar refractivity (Wildman–Crippen MR) is 144 cm³/mol. The number of piperidine rings is 1. The van der Waals surface area contributed by atoms with Crippen LogP contribution in [0.5, 0.6) is 5.75 Å². The van der Waals surface area contributed by atoms with E-state index in [0.29, 0.717) is 60.6 Å². The maximum absolute atomic E-state index is 14.7. The summed E-state index contributed by atoms with van der Waals surface area (Å²) in [5.41, 5.74) is 3.86. The van der Waals surface area contributed by atoms with Crippen LogP contribution in [0.3, 0.4) is 0 Å². The van der Waals surface area contributed by atoms with Crippen LogP contribution in [0.2, 0.25) is 0 Å². The monoisotopic (exact) mass is 494 g/mol. The van der Waals surface area contributed by atoms with E-state index in [2.05, 4.69) is 9.88 Å². The molecule has 37 heavy (non-hydrogen) atoms. The van der Waals surface area contributed by atoms with Gasteiger partial charge in [0.05, 0.1) is 23.9 Å². The van der Waals surface area contributed by atoms with E-state index in [0.717, 1.165) is 16.9 Å². The molecule has 0 amide bonds. The van der Waals surface area contributed by atoms with E-state index in [1.807, 2.05) is 54.6 Å². The molecular weight excluding hydrogens is 465 g/mol. The van der Waals surface area contributed by atoms with Crippen molar-refractivity contribution in [2.75, 3.05) is 25.1 Å². The summed E-state index contributed by atoms with van der Waals surface area (Å²) in [7, 11) is 1.62. The van der Waals surface area contributed by atoms with Crippen LogP contribution in [0.15, 0.2) is 77.6 Å². The third-order valence-electron chi connectivity index (χ3n) is 6.75. The molecule has 0 atom stereocenters. The number of nitriles is 1. The van der Waals surface area contributed by atoms with E-state index in [4.69, 9.17) is 6.11 Å². The average molecular weight is 495 g/mol. The highest BCUT2D eigenvalue weighted by molar-refractivity contribution is 5.83. The number of hydrogen-bond donors (Lipinski definition) is 1. The second-order valence-corrected chi connectivity index (χ2v) is 9.12. The summed E-state index contributed by atoms with van der Waals surface area (Å²) in [4.78, 5) is 19.2. The standard InChI is InChI=1S/C31H28FN3O2/c1-37-28-13-12-22(17-25(28)16-21-8-4-2-5-9-21)30-27(36)19-29(35-14-6-3-7-15-35)34-31(30)23-10-11-24(20-33)26(32)18-23/h2,4-5,8-13,17-19H,3,6-7,14-16H2,1H3,(H,34,36)/i3D. The largest absolute Gasteiger partial charge is 0.496 e. The molecule has 1 fully saturated rings. The summed E-state index contributed by atoms with van der Waals surface area (Å²) < 4.78 is 28.3. The Bertz CT molecular complexity index is 1550. The van der Waals surface area contributed by atoms with Crippen molar-refractivity contribution in [2.24, 2.45) is 0 Å². The van der Waals surface area contributed by atoms with Gasteiger partial charge in [0.2, 0.25) is 0 Å². The fourth-order valence-electron chi connectivity index (χ4n) is 4.86. The molecule has 186 valence electrons. The molecule has 1 aliphatic rings. The van der Waals surface area contributed by atoms with E-state index < -0.39 is 5.82 Å². The van der Waals surface area contributed by atoms with Gasteiger partial charge in [-0.1, -0.05) is 42.5 Å². The fourth-order valence-corrected chi connectivity index (χ4v) is 4.86. The Hall–Kier alpha value is -4.37. The zero-order valence-electron chi connectivity index (χ0n) is 21.6. The Labute approximate surface area is 217 Å². The minimum atomic E-state index is -0.642. The number of halogens is 1. The molecule has 1 aliphatic heterocycles. The molecule has 0 spiro atoms. The molecule has 0 aliphatic carbocycles. The quantitative estimate of drug-likeness (QED) is 0.341. The molecule has 0 radical (unpaired) electrons. The molecule has 3 aromatic carbocycles. The van der Waals surface area contributed by atoms with Gasteiger partial charge in [-0.15, -0.1) is 0 Å². The van der Waals surface area contributed by atoms with Crippen LogP contribution in [0.4, 0.5) is 10.2 Å². The Morgan fingerprint density at radius 1 is 1.05 bits per heavy atom. The van der Waals surface area contributed by atoms with E-state index in [-0.39, 0.29) is 17.4 Å². The fraction of sp³-hybridized carbons (Fsp3) is 0.226. The van der Waals surface area contributed by atoms with Gasteiger partial charge >= 0.3 is 0 Å². The Balaban J connectivity index is 1.66. The van der Waals surface area contributed by atoms with E-state index >= 15 is 0 Å². The van der Waals surface area contributed by atoms with Crippen molar-refractivity contribution >= 4 is 5.82 Å². The second kappa shape index (κ2) is 10.7. The third kappa shape index (κ3) is 5.12. The van der Waals surface area contributed by atoms with E-state index in [1.165, 1.54) is 12.1 Å². The zero-order chi connectivity index (χ0) is 26.6. The number of H-pyrrole nitrogens is 1. The number of anilines is 1. The number of nitrogens with one attached hydrogen (secondary N) is 1. The van der Waals surface area contributed by atoms with Crippen LogP contribution in [0, 0.1) is 17.1 Å². The first-order valence-electron chi connectivity index (χ1n) is 12.9. The number of pyridine rings is 1. The number of nitrogens with zero attached hydrogens (tertiary/aromatic N) is 2. The molecule has 0 saturated carbocycles. The highest BCUT2D eigenvalue weighted by Gasteiger charge is 2.20. The lowest BCUT2D eigenvalue weighted by molar-refractivity contribution is 0.410. The maximum Gasteiger partial charge on any atom is 0.192 e. The van der Waals surface area contributed by atoms with Gasteiger partial charge in [0, 0.05) is 32.5 Å². The van der Waals surface area contributed by atoms with Crippen molar-refractivity contribution in [2.45, 2.75) is 25.7 Å². The van der Waals surface area contributed by atoms with Crippen LogP contribution >= 0.6 is 0 Å². The molecule has 2 heterocycles. The molecule has 1 N–H and O–H groups in total. The smallest absolute Gasteiger partial charge is 0.192 e. The lowest BCUT2D eigenvalue weighted by atomic mass is 9.94. The van der Waals surface area contributed by atoms with Gasteiger partial charge in [-0.3, -0.25) is 4.79 Å². The zero-order valence-corrected chi connectivity index (χ0v) is 20.6. The third-order valence-corrected chi connectivity index (χ3v) is 6.75. The first-order valence-corrected chi connectivity index (χ1v) is 12.3. The summed E-state index contributed by atoms with van der Waals surface area (Å²) in [5.74, 6) is 0.718. The highest BCUT2D eigenvalue weighted by Crippen LogP contribution is 2.34. The van der Waals surface area contributed by atoms with Crippen molar-refractivity contribution < 1.29 is 10.5 Å². The predicted octanol–water partition coefficient (Wildman–Crippen LogP) is 6.31. The first kappa shape index (κ1) is 23.1. The number of hydrogen-bond acceptors (Lipinski definition) is 4. The molecule has 6 heteroatoms. The van der Waals surface area contributed by atoms with Crippen molar-refractivity contribution in [1.82, 2.24) is 4.98 Å². The maximum atomic E-state index is 14.7. The molecule has 0 unspecified atom stereocenters. The molecule has 4 aromatic rings. The van der Waals surface area contributed by atoms with Crippen molar-refractivity contribution in [3.63, 3.8) is 0 Å². The minimum Gasteiger partial charge on any atom is -0.496 e. The summed E-state index contributed by atoms with van der Waals surface area (Å²) in [5, 5.41) is 9.21. The van der Waals surface area contributed by atoms with Gasteiger partial charge in [0.25, 0.3) is 0 Å².